The standard InChI is InChI=1S/C17H19NO.ClH/c1-4-16(19)14-11-8-12-15(18(2)3)17(14)13-9-6-5-7-10-13;/h5-12H,4H2,1-3H3;1H. The maximum atomic E-state index is 12.2. The van der Waals surface area contributed by atoms with Gasteiger partial charge in [0, 0.05) is 37.3 Å². The van der Waals surface area contributed by atoms with E-state index in [1.807, 2.05) is 51.4 Å². The molecule has 2 rings (SSSR count). The van der Waals surface area contributed by atoms with E-state index >= 15 is 0 Å². The number of hydrogen-bond donors (Lipinski definition) is 0. The molecule has 2 aromatic rings. The van der Waals surface area contributed by atoms with Gasteiger partial charge in [-0.25, -0.2) is 0 Å². The molecule has 0 fully saturated rings. The van der Waals surface area contributed by atoms with Crippen LogP contribution in [0, 0.1) is 0 Å². The molecule has 0 spiro atoms. The average Bonchev–Trinajstić information content (AvgIpc) is 2.46. The molecule has 20 heavy (non-hydrogen) atoms. The lowest BCUT2D eigenvalue weighted by Gasteiger charge is -2.20. The number of halogens is 1. The number of hydrogen-bond acceptors (Lipinski definition) is 2. The fourth-order valence-electron chi connectivity index (χ4n) is 2.24. The third-order valence-corrected chi connectivity index (χ3v) is 3.21. The molecule has 2 aromatic carbocycles. The molecule has 3 heteroatoms. The molecule has 0 radical (unpaired) electrons. The van der Waals surface area contributed by atoms with Crippen LogP contribution in [0.4, 0.5) is 5.69 Å². The van der Waals surface area contributed by atoms with Crippen molar-refractivity contribution < 1.29 is 4.79 Å². The topological polar surface area (TPSA) is 20.3 Å². The summed E-state index contributed by atoms with van der Waals surface area (Å²) in [5.74, 6) is 0.183. The third kappa shape index (κ3) is 3.20. The van der Waals surface area contributed by atoms with E-state index in [0.717, 1.165) is 22.4 Å². The van der Waals surface area contributed by atoms with Crippen LogP contribution < -0.4 is 4.90 Å². The van der Waals surface area contributed by atoms with E-state index in [2.05, 4.69) is 23.1 Å². The Morgan fingerprint density at radius 1 is 1.00 bits per heavy atom. The van der Waals surface area contributed by atoms with Gasteiger partial charge in [0.15, 0.2) is 5.78 Å². The van der Waals surface area contributed by atoms with Gasteiger partial charge in [-0.3, -0.25) is 4.79 Å². The Labute approximate surface area is 126 Å². The lowest BCUT2D eigenvalue weighted by atomic mass is 9.94. The summed E-state index contributed by atoms with van der Waals surface area (Å²) in [6.07, 6.45) is 0.525. The minimum Gasteiger partial charge on any atom is -0.377 e. The molecule has 0 saturated heterocycles. The highest BCUT2D eigenvalue weighted by Crippen LogP contribution is 2.33. The van der Waals surface area contributed by atoms with Gasteiger partial charge in [0.05, 0.1) is 0 Å². The number of rotatable bonds is 4. The van der Waals surface area contributed by atoms with Crippen LogP contribution in [0.15, 0.2) is 48.5 Å². The molecular weight excluding hydrogens is 270 g/mol. The smallest absolute Gasteiger partial charge is 0.163 e. The molecular formula is C17H20ClNO. The largest absolute Gasteiger partial charge is 0.377 e. The maximum Gasteiger partial charge on any atom is 0.163 e. The molecule has 0 atom stereocenters. The van der Waals surface area contributed by atoms with E-state index < -0.39 is 0 Å². The van der Waals surface area contributed by atoms with Gasteiger partial charge >= 0.3 is 0 Å². The summed E-state index contributed by atoms with van der Waals surface area (Å²) in [4.78, 5) is 14.2. The summed E-state index contributed by atoms with van der Waals surface area (Å²) in [5, 5.41) is 0. The zero-order valence-electron chi connectivity index (χ0n) is 12.1. The van der Waals surface area contributed by atoms with Gasteiger partial charge < -0.3 is 4.90 Å². The highest BCUT2D eigenvalue weighted by molar-refractivity contribution is 6.05. The first kappa shape index (κ1) is 16.3. The van der Waals surface area contributed by atoms with Crippen molar-refractivity contribution in [1.29, 1.82) is 0 Å². The molecule has 0 aromatic heterocycles. The van der Waals surface area contributed by atoms with Gasteiger partial charge in [-0.2, -0.15) is 0 Å². The van der Waals surface area contributed by atoms with E-state index in [4.69, 9.17) is 0 Å². The summed E-state index contributed by atoms with van der Waals surface area (Å²) >= 11 is 0. The molecule has 0 unspecified atom stereocenters. The summed E-state index contributed by atoms with van der Waals surface area (Å²) in [7, 11) is 4.00. The average molecular weight is 290 g/mol. The first-order valence-electron chi connectivity index (χ1n) is 6.54. The van der Waals surface area contributed by atoms with E-state index in [0.29, 0.717) is 6.42 Å². The first-order valence-corrected chi connectivity index (χ1v) is 6.54. The zero-order valence-corrected chi connectivity index (χ0v) is 12.9. The minimum atomic E-state index is 0. The quantitative estimate of drug-likeness (QED) is 0.776. The number of nitrogens with zero attached hydrogens (tertiary/aromatic N) is 1. The van der Waals surface area contributed by atoms with Crippen molar-refractivity contribution in [3.8, 4) is 11.1 Å². The molecule has 0 heterocycles. The van der Waals surface area contributed by atoms with Crippen molar-refractivity contribution in [2.24, 2.45) is 0 Å². The Balaban J connectivity index is 0.00000200. The monoisotopic (exact) mass is 289 g/mol. The molecule has 0 N–H and O–H groups in total. The summed E-state index contributed by atoms with van der Waals surface area (Å²) in [6.45, 7) is 1.90. The van der Waals surface area contributed by atoms with Crippen molar-refractivity contribution in [3.05, 3.63) is 54.1 Å². The van der Waals surface area contributed by atoms with Crippen LogP contribution in [-0.2, 0) is 0 Å². The number of ketones is 1. The fourth-order valence-corrected chi connectivity index (χ4v) is 2.24. The van der Waals surface area contributed by atoms with Crippen molar-refractivity contribution in [1.82, 2.24) is 0 Å². The van der Waals surface area contributed by atoms with Gasteiger partial charge in [0.25, 0.3) is 0 Å². The predicted octanol–water partition coefficient (Wildman–Crippen LogP) is 4.43. The van der Waals surface area contributed by atoms with Crippen molar-refractivity contribution in [2.45, 2.75) is 13.3 Å². The third-order valence-electron chi connectivity index (χ3n) is 3.21. The summed E-state index contributed by atoms with van der Waals surface area (Å²) < 4.78 is 0. The second kappa shape index (κ2) is 7.11. The molecule has 0 aliphatic heterocycles. The highest BCUT2D eigenvalue weighted by atomic mass is 35.5. The zero-order chi connectivity index (χ0) is 13.8. The van der Waals surface area contributed by atoms with Crippen LogP contribution in [0.5, 0.6) is 0 Å². The van der Waals surface area contributed by atoms with Crippen LogP contribution in [-0.4, -0.2) is 19.9 Å². The number of anilines is 1. The van der Waals surface area contributed by atoms with Gasteiger partial charge in [-0.15, -0.1) is 12.4 Å². The van der Waals surface area contributed by atoms with Crippen LogP contribution in [0.1, 0.15) is 23.7 Å². The van der Waals surface area contributed by atoms with Gasteiger partial charge in [0.1, 0.15) is 0 Å². The van der Waals surface area contributed by atoms with E-state index in [1.165, 1.54) is 0 Å². The Kier molecular flexibility index (Phi) is 5.78. The molecule has 0 saturated carbocycles. The van der Waals surface area contributed by atoms with Crippen molar-refractivity contribution in [3.63, 3.8) is 0 Å². The number of Topliss-reactive ketones (excluding diaryl/α,β-unsaturated/α-hetero) is 1. The highest BCUT2D eigenvalue weighted by Gasteiger charge is 2.15. The second-order valence-corrected chi connectivity index (χ2v) is 4.74. The van der Waals surface area contributed by atoms with E-state index in [1.54, 1.807) is 0 Å². The lowest BCUT2D eigenvalue weighted by Crippen LogP contribution is -2.12. The van der Waals surface area contributed by atoms with Crippen LogP contribution in [0.2, 0.25) is 0 Å². The number of benzene rings is 2. The number of carbonyl (C=O) groups excluding carboxylic acids is 1. The molecule has 0 amide bonds. The van der Waals surface area contributed by atoms with Crippen LogP contribution in [0.25, 0.3) is 11.1 Å². The Morgan fingerprint density at radius 3 is 2.20 bits per heavy atom. The van der Waals surface area contributed by atoms with Crippen molar-refractivity contribution in [2.75, 3.05) is 19.0 Å². The molecule has 0 aliphatic carbocycles. The Hall–Kier alpha value is -1.80. The second-order valence-electron chi connectivity index (χ2n) is 4.74. The van der Waals surface area contributed by atoms with E-state index in [9.17, 15) is 4.79 Å². The molecule has 0 aliphatic rings. The normalized spacial score (nSPS) is 9.75. The van der Waals surface area contributed by atoms with Gasteiger partial charge in [-0.05, 0) is 11.6 Å². The van der Waals surface area contributed by atoms with Crippen molar-refractivity contribution >= 4 is 23.9 Å². The Morgan fingerprint density at radius 2 is 1.65 bits per heavy atom. The molecule has 2 nitrogen and oxygen atoms in total. The molecule has 0 bridgehead atoms. The SMILES string of the molecule is CCC(=O)c1cccc(N(C)C)c1-c1ccccc1.Cl. The first-order chi connectivity index (χ1) is 9.15. The van der Waals surface area contributed by atoms with Crippen LogP contribution >= 0.6 is 12.4 Å². The fraction of sp³-hybridized carbons (Fsp3) is 0.235. The minimum absolute atomic E-state index is 0. The van der Waals surface area contributed by atoms with E-state index in [-0.39, 0.29) is 18.2 Å². The maximum absolute atomic E-state index is 12.2. The number of carbonyl (C=O) groups is 1. The predicted molar refractivity (Wildman–Crippen MR) is 88.1 cm³/mol. The van der Waals surface area contributed by atoms with Gasteiger partial charge in [-0.1, -0.05) is 49.4 Å². The summed E-state index contributed by atoms with van der Waals surface area (Å²) in [6, 6.07) is 16.0. The lowest BCUT2D eigenvalue weighted by molar-refractivity contribution is 0.0989. The Bertz CT molecular complexity index is 579. The van der Waals surface area contributed by atoms with Gasteiger partial charge in [0.2, 0.25) is 0 Å². The summed E-state index contributed by atoms with van der Waals surface area (Å²) in [5.41, 5.74) is 3.99. The molecule has 106 valence electrons. The van der Waals surface area contributed by atoms with Crippen LogP contribution in [0.3, 0.4) is 0 Å².